The number of hydrogen-bond acceptors (Lipinski definition) is 7. The number of fused-ring (bicyclic) bond motifs is 2. The molecule has 176 valence electrons. The Kier molecular flexibility index (Phi) is 6.10. The molecule has 4 aromatic carbocycles. The second kappa shape index (κ2) is 9.85. The van der Waals surface area contributed by atoms with E-state index in [2.05, 4.69) is 12.1 Å². The lowest BCUT2D eigenvalue weighted by atomic mass is 9.71. The predicted octanol–water partition coefficient (Wildman–Crippen LogP) is 4.18. The molecule has 2 aliphatic heterocycles. The molecule has 0 radical (unpaired) electrons. The van der Waals surface area contributed by atoms with E-state index in [1.54, 1.807) is 48.5 Å². The van der Waals surface area contributed by atoms with Crippen LogP contribution in [0.25, 0.3) is 0 Å². The van der Waals surface area contributed by atoms with E-state index in [0.29, 0.717) is 47.3 Å². The molecule has 2 aliphatic rings. The van der Waals surface area contributed by atoms with E-state index >= 15 is 0 Å². The molecule has 7 nitrogen and oxygen atoms in total. The highest BCUT2D eigenvalue weighted by Gasteiger charge is 2.39. The van der Waals surface area contributed by atoms with Gasteiger partial charge in [-0.2, -0.15) is 10.5 Å². The lowest BCUT2D eigenvalue weighted by molar-refractivity contribution is 0.238. The number of nitriles is 2. The highest BCUT2D eigenvalue weighted by Crippen LogP contribution is 2.27. The summed E-state index contributed by atoms with van der Waals surface area (Å²) in [6.45, 7) is 0.809. The second-order valence-corrected chi connectivity index (χ2v) is 8.62. The molecule has 0 aliphatic carbocycles. The van der Waals surface area contributed by atoms with Crippen molar-refractivity contribution in [1.82, 2.24) is 0 Å². The molecule has 6 rings (SSSR count). The van der Waals surface area contributed by atoms with E-state index in [0.717, 1.165) is 22.1 Å². The molecule has 37 heavy (non-hydrogen) atoms. The molecule has 0 bridgehead atoms. The van der Waals surface area contributed by atoms with Gasteiger partial charge in [0.1, 0.15) is 23.0 Å². The summed E-state index contributed by atoms with van der Waals surface area (Å²) in [5.74, 6) is 2.68. The molecule has 0 spiro atoms. The Hall–Kier alpha value is -4.53. The van der Waals surface area contributed by atoms with Crippen molar-refractivity contribution in [2.75, 3.05) is 0 Å². The normalized spacial score (nSPS) is 13.5. The molecule has 0 saturated heterocycles. The van der Waals surface area contributed by atoms with Gasteiger partial charge in [0.05, 0.1) is 36.5 Å². The molecular formula is C28H18B2N2O5. The summed E-state index contributed by atoms with van der Waals surface area (Å²) in [6.07, 6.45) is 0. The maximum atomic E-state index is 8.95. The van der Waals surface area contributed by atoms with Crippen LogP contribution in [0.4, 0.5) is 0 Å². The SMILES string of the molecule is N#Cc1ccc(Oc2ccc3c(c2)COB3OB2OCc3cc(Oc4ccc(C#N)cc4)ccc32)cc1. The van der Waals surface area contributed by atoms with Crippen LogP contribution >= 0.6 is 0 Å². The number of nitrogens with zero attached hydrogens (tertiary/aromatic N) is 2. The first-order chi connectivity index (χ1) is 18.2. The zero-order valence-electron chi connectivity index (χ0n) is 19.6. The van der Waals surface area contributed by atoms with Gasteiger partial charge in [-0.15, -0.1) is 0 Å². The molecule has 0 atom stereocenters. The second-order valence-electron chi connectivity index (χ2n) is 8.62. The highest BCUT2D eigenvalue weighted by atomic mass is 16.6. The van der Waals surface area contributed by atoms with E-state index in [9.17, 15) is 0 Å². The van der Waals surface area contributed by atoms with Gasteiger partial charge in [0.15, 0.2) is 0 Å². The maximum Gasteiger partial charge on any atom is 0.481 e. The minimum atomic E-state index is -0.551. The molecule has 0 fully saturated rings. The Balaban J connectivity index is 1.12. The average Bonchev–Trinajstić information content (AvgIpc) is 3.53. The van der Waals surface area contributed by atoms with E-state index in [1.165, 1.54) is 0 Å². The van der Waals surface area contributed by atoms with Gasteiger partial charge in [-0.25, -0.2) is 0 Å². The van der Waals surface area contributed by atoms with Crippen LogP contribution in [0.5, 0.6) is 23.0 Å². The average molecular weight is 484 g/mol. The van der Waals surface area contributed by atoms with E-state index in [-0.39, 0.29) is 0 Å². The van der Waals surface area contributed by atoms with E-state index < -0.39 is 14.2 Å². The molecular weight excluding hydrogens is 466 g/mol. The smallest absolute Gasteiger partial charge is 0.457 e. The van der Waals surface area contributed by atoms with Gasteiger partial charge < -0.3 is 23.4 Å². The van der Waals surface area contributed by atoms with Crippen LogP contribution in [0.1, 0.15) is 22.3 Å². The van der Waals surface area contributed by atoms with Crippen molar-refractivity contribution in [3.05, 3.63) is 107 Å². The minimum Gasteiger partial charge on any atom is -0.457 e. The maximum absolute atomic E-state index is 8.95. The summed E-state index contributed by atoms with van der Waals surface area (Å²) in [5.41, 5.74) is 5.01. The third kappa shape index (κ3) is 4.80. The quantitative estimate of drug-likeness (QED) is 0.379. The third-order valence-corrected chi connectivity index (χ3v) is 6.20. The van der Waals surface area contributed by atoms with Crippen molar-refractivity contribution >= 4 is 25.2 Å². The van der Waals surface area contributed by atoms with E-state index in [1.807, 2.05) is 36.4 Å². The lowest BCUT2D eigenvalue weighted by Gasteiger charge is -2.13. The van der Waals surface area contributed by atoms with Crippen molar-refractivity contribution in [3.8, 4) is 35.1 Å². The monoisotopic (exact) mass is 484 g/mol. The number of ether oxygens (including phenoxy) is 2. The Labute approximate surface area is 214 Å². The lowest BCUT2D eigenvalue weighted by Crippen LogP contribution is -2.43. The molecule has 0 unspecified atom stereocenters. The predicted molar refractivity (Wildman–Crippen MR) is 137 cm³/mol. The summed E-state index contributed by atoms with van der Waals surface area (Å²) >= 11 is 0. The van der Waals surface area contributed by atoms with Crippen molar-refractivity contribution in [3.63, 3.8) is 0 Å². The third-order valence-electron chi connectivity index (χ3n) is 6.20. The number of hydrogen-bond donors (Lipinski definition) is 0. The topological polar surface area (TPSA) is 93.7 Å². The van der Waals surface area contributed by atoms with Crippen LogP contribution in [0.2, 0.25) is 0 Å². The molecule has 0 amide bonds. The van der Waals surface area contributed by atoms with Gasteiger partial charge in [0.2, 0.25) is 0 Å². The summed E-state index contributed by atoms with van der Waals surface area (Å²) < 4.78 is 29.9. The van der Waals surface area contributed by atoms with Gasteiger partial charge in [-0.1, -0.05) is 12.1 Å². The van der Waals surface area contributed by atoms with Crippen LogP contribution in [-0.4, -0.2) is 14.2 Å². The first-order valence-corrected chi connectivity index (χ1v) is 11.7. The summed E-state index contributed by atoms with van der Waals surface area (Å²) in [7, 11) is -1.10. The van der Waals surface area contributed by atoms with E-state index in [4.69, 9.17) is 33.9 Å². The Morgan fingerprint density at radius 3 is 1.38 bits per heavy atom. The van der Waals surface area contributed by atoms with Crippen LogP contribution in [0.15, 0.2) is 84.9 Å². The van der Waals surface area contributed by atoms with Gasteiger partial charge in [-0.3, -0.25) is 0 Å². The Bertz CT molecular complexity index is 1430. The molecule has 4 aromatic rings. The van der Waals surface area contributed by atoms with Gasteiger partial charge >= 0.3 is 14.2 Å². The van der Waals surface area contributed by atoms with Gasteiger partial charge in [0.25, 0.3) is 0 Å². The van der Waals surface area contributed by atoms with Crippen LogP contribution in [-0.2, 0) is 27.1 Å². The van der Waals surface area contributed by atoms with Crippen LogP contribution in [0, 0.1) is 22.7 Å². The van der Waals surface area contributed by atoms with Crippen molar-refractivity contribution < 1.29 is 23.4 Å². The highest BCUT2D eigenvalue weighted by molar-refractivity contribution is 6.75. The first-order valence-electron chi connectivity index (χ1n) is 11.7. The number of benzene rings is 4. The molecule has 9 heteroatoms. The zero-order valence-corrected chi connectivity index (χ0v) is 19.6. The fourth-order valence-electron chi connectivity index (χ4n) is 4.32. The van der Waals surface area contributed by atoms with Gasteiger partial charge in [0, 0.05) is 0 Å². The largest absolute Gasteiger partial charge is 0.481 e. The van der Waals surface area contributed by atoms with Gasteiger partial charge in [-0.05, 0) is 94.8 Å². The summed E-state index contributed by atoms with van der Waals surface area (Å²) in [5, 5.41) is 17.9. The van der Waals surface area contributed by atoms with Crippen molar-refractivity contribution in [1.29, 1.82) is 10.5 Å². The standard InChI is InChI=1S/C28H18B2N2O5/c31-15-19-1-5-23(6-2-19)35-25-9-11-27-21(13-25)17-33-29(27)37-30-28-12-10-26(14-22(28)18-34-30)36-24-7-3-20(16-32)4-8-24/h1-14H,17-18H2. The fourth-order valence-corrected chi connectivity index (χ4v) is 4.32. The Morgan fingerprint density at radius 1 is 0.568 bits per heavy atom. The number of rotatable bonds is 6. The molecule has 0 N–H and O–H groups in total. The first kappa shape index (κ1) is 22.9. The fraction of sp³-hybridized carbons (Fsp3) is 0.0714. The molecule has 2 heterocycles. The van der Waals surface area contributed by atoms with Crippen LogP contribution < -0.4 is 20.4 Å². The zero-order chi connectivity index (χ0) is 25.2. The summed E-state index contributed by atoms with van der Waals surface area (Å²) in [6, 6.07) is 29.6. The van der Waals surface area contributed by atoms with Crippen LogP contribution in [0.3, 0.4) is 0 Å². The molecule has 0 saturated carbocycles. The van der Waals surface area contributed by atoms with Crippen molar-refractivity contribution in [2.45, 2.75) is 13.2 Å². The molecule has 0 aromatic heterocycles. The summed E-state index contributed by atoms with van der Waals surface area (Å²) in [4.78, 5) is 0. The minimum absolute atomic E-state index is 0.404. The Morgan fingerprint density at radius 2 is 0.973 bits per heavy atom. The van der Waals surface area contributed by atoms with Crippen molar-refractivity contribution in [2.24, 2.45) is 0 Å².